The fourth-order valence-electron chi connectivity index (χ4n) is 3.55. The molecule has 1 aliphatic heterocycles. The predicted octanol–water partition coefficient (Wildman–Crippen LogP) is 1.89. The molecule has 1 aliphatic carbocycles. The van der Waals surface area contributed by atoms with Crippen molar-refractivity contribution < 1.29 is 19.4 Å². The molecule has 2 aromatic rings. The molecular weight excluding hydrogens is 294 g/mol. The molecule has 0 bridgehead atoms. The fourth-order valence-corrected chi connectivity index (χ4v) is 3.55. The van der Waals surface area contributed by atoms with Gasteiger partial charge in [-0.25, -0.2) is 0 Å². The molecule has 5 heteroatoms. The first kappa shape index (κ1) is 14.0. The minimum Gasteiger partial charge on any atom is -0.497 e. The molecule has 116 valence electrons. The van der Waals surface area contributed by atoms with Crippen molar-refractivity contribution in [3.63, 3.8) is 0 Å². The van der Waals surface area contributed by atoms with Gasteiger partial charge in [0.2, 0.25) is 0 Å². The van der Waals surface area contributed by atoms with Crippen LogP contribution in [-0.4, -0.2) is 23.9 Å². The largest absolute Gasteiger partial charge is 0.497 e. The van der Waals surface area contributed by atoms with Crippen molar-refractivity contribution in [1.29, 1.82) is 0 Å². The molecule has 0 radical (unpaired) electrons. The number of benzene rings is 2. The van der Waals surface area contributed by atoms with Gasteiger partial charge in [0.1, 0.15) is 5.75 Å². The highest BCUT2D eigenvalue weighted by Gasteiger charge is 2.55. The smallest absolute Gasteiger partial charge is 0.261 e. The van der Waals surface area contributed by atoms with Crippen molar-refractivity contribution in [1.82, 2.24) is 0 Å². The van der Waals surface area contributed by atoms with Crippen LogP contribution in [0.5, 0.6) is 5.75 Å². The lowest BCUT2D eigenvalue weighted by Crippen LogP contribution is -2.44. The summed E-state index contributed by atoms with van der Waals surface area (Å²) in [6.45, 7) is 0. The van der Waals surface area contributed by atoms with Crippen LogP contribution in [0.2, 0.25) is 0 Å². The lowest BCUT2D eigenvalue weighted by molar-refractivity contribution is -0.137. The van der Waals surface area contributed by atoms with Crippen molar-refractivity contribution in [2.75, 3.05) is 12.4 Å². The Morgan fingerprint density at radius 2 is 2.00 bits per heavy atom. The number of carbonyl (C=O) groups is 2. The van der Waals surface area contributed by atoms with Crippen LogP contribution in [0.3, 0.4) is 0 Å². The minimum absolute atomic E-state index is 0.211. The topological polar surface area (TPSA) is 75.6 Å². The zero-order valence-electron chi connectivity index (χ0n) is 12.5. The Hall–Kier alpha value is -2.66. The van der Waals surface area contributed by atoms with E-state index in [9.17, 15) is 14.7 Å². The number of hydrogen-bond acceptors (Lipinski definition) is 4. The van der Waals surface area contributed by atoms with E-state index in [4.69, 9.17) is 4.74 Å². The van der Waals surface area contributed by atoms with E-state index in [1.54, 1.807) is 49.6 Å². The van der Waals surface area contributed by atoms with Gasteiger partial charge in [-0.05, 0) is 36.2 Å². The standard InChI is InChI=1S/C18H15NO4/c1-23-11-6-7-12-10(8-11)9-14(16(12)20)18(22)13-4-2-3-5-15(13)19-17(18)21/h2-8,14,22H,9H2,1H3,(H,19,21)/t14-,18+/m0/s1. The lowest BCUT2D eigenvalue weighted by Gasteiger charge is -2.26. The van der Waals surface area contributed by atoms with E-state index in [1.807, 2.05) is 0 Å². The SMILES string of the molecule is COc1ccc2c(c1)C[C@H]([C@@]1(O)C(=O)Nc3ccccc31)C2=O. The lowest BCUT2D eigenvalue weighted by atomic mass is 9.80. The van der Waals surface area contributed by atoms with E-state index in [0.29, 0.717) is 29.0 Å². The quantitative estimate of drug-likeness (QED) is 0.888. The molecule has 0 saturated heterocycles. The fraction of sp³-hybridized carbons (Fsp3) is 0.222. The molecule has 1 heterocycles. The summed E-state index contributed by atoms with van der Waals surface area (Å²) in [4.78, 5) is 25.2. The minimum atomic E-state index is -1.83. The summed E-state index contributed by atoms with van der Waals surface area (Å²) in [5, 5.41) is 13.8. The molecule has 4 rings (SSSR count). The molecule has 2 aromatic carbocycles. The number of nitrogens with one attached hydrogen (secondary N) is 1. The average molecular weight is 309 g/mol. The molecule has 5 nitrogen and oxygen atoms in total. The second-order valence-electron chi connectivity index (χ2n) is 5.91. The van der Waals surface area contributed by atoms with Crippen molar-refractivity contribution in [2.45, 2.75) is 12.0 Å². The third-order valence-electron chi connectivity index (χ3n) is 4.75. The Morgan fingerprint density at radius 1 is 1.22 bits per heavy atom. The highest BCUT2D eigenvalue weighted by molar-refractivity contribution is 6.12. The maximum absolute atomic E-state index is 12.8. The Bertz CT molecular complexity index is 845. The third-order valence-corrected chi connectivity index (χ3v) is 4.75. The summed E-state index contributed by atoms with van der Waals surface area (Å²) in [6, 6.07) is 12.1. The molecular formula is C18H15NO4. The number of aliphatic hydroxyl groups is 1. The number of ether oxygens (including phenoxy) is 1. The summed E-state index contributed by atoms with van der Waals surface area (Å²) in [7, 11) is 1.56. The second kappa shape index (κ2) is 4.67. The van der Waals surface area contributed by atoms with Gasteiger partial charge in [-0.15, -0.1) is 0 Å². The Labute approximate surface area is 132 Å². The van der Waals surface area contributed by atoms with E-state index in [2.05, 4.69) is 5.32 Å². The molecule has 0 fully saturated rings. The third kappa shape index (κ3) is 1.77. The Kier molecular flexibility index (Phi) is 2.83. The van der Waals surface area contributed by atoms with Crippen molar-refractivity contribution in [3.05, 3.63) is 59.2 Å². The maximum atomic E-state index is 12.8. The van der Waals surface area contributed by atoms with Crippen LogP contribution >= 0.6 is 0 Å². The Balaban J connectivity index is 1.80. The van der Waals surface area contributed by atoms with Gasteiger partial charge in [0.05, 0.1) is 13.0 Å². The zero-order valence-corrected chi connectivity index (χ0v) is 12.5. The molecule has 0 saturated carbocycles. The number of ketones is 1. The monoisotopic (exact) mass is 309 g/mol. The molecule has 0 aromatic heterocycles. The van der Waals surface area contributed by atoms with Crippen molar-refractivity contribution in [3.8, 4) is 5.75 Å². The highest BCUT2D eigenvalue weighted by Crippen LogP contribution is 2.46. The molecule has 23 heavy (non-hydrogen) atoms. The van der Waals surface area contributed by atoms with Gasteiger partial charge in [-0.1, -0.05) is 18.2 Å². The summed E-state index contributed by atoms with van der Waals surface area (Å²) in [5.74, 6) is -0.928. The van der Waals surface area contributed by atoms with Gasteiger partial charge in [-0.2, -0.15) is 0 Å². The van der Waals surface area contributed by atoms with Gasteiger partial charge in [0.15, 0.2) is 11.4 Å². The number of methoxy groups -OCH3 is 1. The number of anilines is 1. The maximum Gasteiger partial charge on any atom is 0.261 e. The number of hydrogen-bond donors (Lipinski definition) is 2. The van der Waals surface area contributed by atoms with Crippen LogP contribution < -0.4 is 10.1 Å². The van der Waals surface area contributed by atoms with E-state index < -0.39 is 17.4 Å². The summed E-state index contributed by atoms with van der Waals surface area (Å²) in [6.07, 6.45) is 0.309. The first-order valence-corrected chi connectivity index (χ1v) is 7.40. The van der Waals surface area contributed by atoms with Crippen LogP contribution in [-0.2, 0) is 16.8 Å². The summed E-state index contributed by atoms with van der Waals surface area (Å²) >= 11 is 0. The van der Waals surface area contributed by atoms with Gasteiger partial charge in [0.25, 0.3) is 5.91 Å². The van der Waals surface area contributed by atoms with Gasteiger partial charge in [-0.3, -0.25) is 9.59 Å². The zero-order chi connectivity index (χ0) is 16.2. The van der Waals surface area contributed by atoms with Gasteiger partial charge < -0.3 is 15.2 Å². The number of fused-ring (bicyclic) bond motifs is 2. The normalized spacial score (nSPS) is 25.0. The molecule has 1 amide bonds. The van der Waals surface area contributed by atoms with Crippen molar-refractivity contribution >= 4 is 17.4 Å². The first-order chi connectivity index (χ1) is 11.1. The van der Waals surface area contributed by atoms with Gasteiger partial charge in [0, 0.05) is 16.8 Å². The number of Topliss-reactive ketones (excluding diaryl/α,β-unsaturated/α-hetero) is 1. The Morgan fingerprint density at radius 3 is 2.78 bits per heavy atom. The highest BCUT2D eigenvalue weighted by atomic mass is 16.5. The molecule has 2 aliphatic rings. The first-order valence-electron chi connectivity index (χ1n) is 7.40. The van der Waals surface area contributed by atoms with Crippen molar-refractivity contribution in [2.24, 2.45) is 5.92 Å². The summed E-state index contributed by atoms with van der Waals surface area (Å²) < 4.78 is 5.18. The predicted molar refractivity (Wildman–Crippen MR) is 83.5 cm³/mol. The van der Waals surface area contributed by atoms with E-state index in [0.717, 1.165) is 5.56 Å². The van der Waals surface area contributed by atoms with Crippen LogP contribution in [0, 0.1) is 5.92 Å². The number of rotatable bonds is 2. The summed E-state index contributed by atoms with van der Waals surface area (Å²) in [5.41, 5.74) is 0.524. The number of carbonyl (C=O) groups excluding carboxylic acids is 2. The number of para-hydroxylation sites is 1. The molecule has 0 spiro atoms. The van der Waals surface area contributed by atoms with Crippen LogP contribution in [0.4, 0.5) is 5.69 Å². The number of amides is 1. The van der Waals surface area contributed by atoms with Gasteiger partial charge >= 0.3 is 0 Å². The van der Waals surface area contributed by atoms with Crippen LogP contribution in [0.25, 0.3) is 0 Å². The van der Waals surface area contributed by atoms with Crippen LogP contribution in [0.1, 0.15) is 21.5 Å². The molecule has 0 unspecified atom stereocenters. The van der Waals surface area contributed by atoms with Crippen LogP contribution in [0.15, 0.2) is 42.5 Å². The van der Waals surface area contributed by atoms with E-state index >= 15 is 0 Å². The molecule has 2 atom stereocenters. The second-order valence-corrected chi connectivity index (χ2v) is 5.91. The van der Waals surface area contributed by atoms with E-state index in [-0.39, 0.29) is 5.78 Å². The average Bonchev–Trinajstić information content (AvgIpc) is 3.03. The van der Waals surface area contributed by atoms with E-state index in [1.165, 1.54) is 0 Å². The molecule has 2 N–H and O–H groups in total.